The standard InChI is InChI=1S/C16H27N2O2Si.Li/c1-7-19-14-18-12-15(17-13-18)10-8-9-11-20-21(5,6)16(2,3)4;/h13H,7,9,11,14H2,1-6H3;/q-1;+1. The molecule has 0 unspecified atom stereocenters. The van der Waals surface area contributed by atoms with Gasteiger partial charge in [-0.15, -0.1) is 0 Å². The van der Waals surface area contributed by atoms with E-state index < -0.39 is 8.32 Å². The topological polar surface area (TPSA) is 36.3 Å². The predicted octanol–water partition coefficient (Wildman–Crippen LogP) is 0.445. The average Bonchev–Trinajstić information content (AvgIpc) is 2.82. The van der Waals surface area contributed by atoms with E-state index >= 15 is 0 Å². The summed E-state index contributed by atoms with van der Waals surface area (Å²) in [4.78, 5) is 4.18. The van der Waals surface area contributed by atoms with Crippen molar-refractivity contribution in [2.75, 3.05) is 13.2 Å². The van der Waals surface area contributed by atoms with E-state index in [2.05, 4.69) is 56.9 Å². The molecule has 0 spiro atoms. The van der Waals surface area contributed by atoms with Crippen LogP contribution in [0.2, 0.25) is 18.1 Å². The van der Waals surface area contributed by atoms with Gasteiger partial charge in [0.15, 0.2) is 8.32 Å². The predicted molar refractivity (Wildman–Crippen MR) is 87.3 cm³/mol. The summed E-state index contributed by atoms with van der Waals surface area (Å²) in [6.45, 7) is 15.0. The molecule has 1 aromatic heterocycles. The third-order valence-electron chi connectivity index (χ3n) is 3.71. The van der Waals surface area contributed by atoms with Crippen molar-refractivity contribution >= 4 is 8.32 Å². The maximum absolute atomic E-state index is 6.07. The third-order valence-corrected chi connectivity index (χ3v) is 8.25. The smallest absolute Gasteiger partial charge is 0.422 e. The third kappa shape index (κ3) is 7.18. The molecule has 0 atom stereocenters. The maximum atomic E-state index is 6.07. The molecule has 4 nitrogen and oxygen atoms in total. The molecule has 118 valence electrons. The van der Waals surface area contributed by atoms with Crippen LogP contribution in [-0.4, -0.2) is 31.1 Å². The summed E-state index contributed by atoms with van der Waals surface area (Å²) in [5.74, 6) is 6.10. The molecule has 0 amide bonds. The summed E-state index contributed by atoms with van der Waals surface area (Å²) in [7, 11) is -1.66. The maximum Gasteiger partial charge on any atom is 1.00 e. The van der Waals surface area contributed by atoms with Crippen LogP contribution in [0.4, 0.5) is 0 Å². The normalized spacial score (nSPS) is 11.5. The molecule has 6 heteroatoms. The van der Waals surface area contributed by atoms with Gasteiger partial charge in [-0.3, -0.25) is 0 Å². The quantitative estimate of drug-likeness (QED) is 0.331. The van der Waals surface area contributed by atoms with Crippen LogP contribution in [0.3, 0.4) is 0 Å². The minimum absolute atomic E-state index is 0. The number of hydrogen-bond donors (Lipinski definition) is 0. The molecule has 1 heterocycles. The van der Waals surface area contributed by atoms with Crippen LogP contribution in [0.25, 0.3) is 0 Å². The van der Waals surface area contributed by atoms with E-state index in [0.29, 0.717) is 25.6 Å². The molecule has 1 aromatic rings. The van der Waals surface area contributed by atoms with E-state index in [-0.39, 0.29) is 23.9 Å². The largest absolute Gasteiger partial charge is 1.00 e. The fraction of sp³-hybridized carbons (Fsp3) is 0.688. The summed E-state index contributed by atoms with van der Waals surface area (Å²) in [6, 6.07) is 0. The molecular weight excluding hydrogens is 287 g/mol. The molecule has 0 radical (unpaired) electrons. The summed E-state index contributed by atoms with van der Waals surface area (Å²) in [6.07, 6.45) is 5.46. The molecule has 0 N–H and O–H groups in total. The van der Waals surface area contributed by atoms with Crippen molar-refractivity contribution in [3.8, 4) is 11.8 Å². The van der Waals surface area contributed by atoms with Crippen LogP contribution in [0, 0.1) is 18.0 Å². The number of nitrogens with zero attached hydrogens (tertiary/aromatic N) is 2. The van der Waals surface area contributed by atoms with Crippen LogP contribution in [0.5, 0.6) is 0 Å². The molecule has 0 aliphatic heterocycles. The zero-order chi connectivity index (χ0) is 15.9. The molecule has 1 rings (SSSR count). The van der Waals surface area contributed by atoms with Crippen molar-refractivity contribution in [1.82, 2.24) is 9.55 Å². The van der Waals surface area contributed by atoms with Gasteiger partial charge in [-0.2, -0.15) is 5.92 Å². The Morgan fingerprint density at radius 3 is 2.64 bits per heavy atom. The van der Waals surface area contributed by atoms with Gasteiger partial charge in [0.25, 0.3) is 0 Å². The number of imidazole rings is 1. The van der Waals surface area contributed by atoms with Crippen molar-refractivity contribution in [2.24, 2.45) is 0 Å². The van der Waals surface area contributed by atoms with Crippen molar-refractivity contribution in [2.45, 2.75) is 59.0 Å². The van der Waals surface area contributed by atoms with Crippen molar-refractivity contribution < 1.29 is 28.0 Å². The van der Waals surface area contributed by atoms with E-state index in [1.807, 2.05) is 6.92 Å². The van der Waals surface area contributed by atoms with Gasteiger partial charge in [-0.05, 0) is 37.1 Å². The van der Waals surface area contributed by atoms with Gasteiger partial charge in [0.05, 0.1) is 0 Å². The number of aromatic nitrogens is 2. The number of hydrogen-bond acceptors (Lipinski definition) is 3. The Morgan fingerprint density at radius 1 is 1.36 bits per heavy atom. The summed E-state index contributed by atoms with van der Waals surface area (Å²) >= 11 is 0. The fourth-order valence-corrected chi connectivity index (χ4v) is 2.40. The first kappa shape index (κ1) is 21.5. The Kier molecular flexibility index (Phi) is 9.38. The molecule has 22 heavy (non-hydrogen) atoms. The Bertz CT molecular complexity index is 498. The second-order valence-corrected chi connectivity index (χ2v) is 11.3. The van der Waals surface area contributed by atoms with Gasteiger partial charge in [-0.25, -0.2) is 5.92 Å². The van der Waals surface area contributed by atoms with E-state index in [4.69, 9.17) is 9.16 Å². The van der Waals surface area contributed by atoms with Crippen LogP contribution >= 0.6 is 0 Å². The average molecular weight is 314 g/mol. The minimum atomic E-state index is -1.66. The first-order chi connectivity index (χ1) is 9.76. The molecule has 0 fully saturated rings. The van der Waals surface area contributed by atoms with E-state index in [9.17, 15) is 0 Å². The van der Waals surface area contributed by atoms with Gasteiger partial charge in [0.2, 0.25) is 0 Å². The van der Waals surface area contributed by atoms with Crippen molar-refractivity contribution in [1.29, 1.82) is 0 Å². The second kappa shape index (κ2) is 9.60. The van der Waals surface area contributed by atoms with E-state index in [1.165, 1.54) is 0 Å². The summed E-state index contributed by atoms with van der Waals surface area (Å²) < 4.78 is 13.1. The van der Waals surface area contributed by atoms with Gasteiger partial charge < -0.3 is 18.7 Å². The summed E-state index contributed by atoms with van der Waals surface area (Å²) in [5.41, 5.74) is 0.655. The number of rotatable bonds is 6. The van der Waals surface area contributed by atoms with Gasteiger partial charge in [0.1, 0.15) is 6.73 Å². The Morgan fingerprint density at radius 2 is 2.05 bits per heavy atom. The molecule has 0 aliphatic carbocycles. The van der Waals surface area contributed by atoms with Gasteiger partial charge >= 0.3 is 18.9 Å². The van der Waals surface area contributed by atoms with Crippen LogP contribution in [-0.2, 0) is 15.9 Å². The molecule has 0 aromatic carbocycles. The molecular formula is C16H27LiN2O2Si. The van der Waals surface area contributed by atoms with E-state index in [0.717, 1.165) is 6.42 Å². The first-order valence-electron chi connectivity index (χ1n) is 7.41. The first-order valence-corrected chi connectivity index (χ1v) is 10.3. The van der Waals surface area contributed by atoms with Crippen LogP contribution in [0.15, 0.2) is 6.33 Å². The summed E-state index contributed by atoms with van der Waals surface area (Å²) in [5, 5.41) is 0.242. The van der Waals surface area contributed by atoms with Crippen LogP contribution < -0.4 is 18.9 Å². The van der Waals surface area contributed by atoms with Gasteiger partial charge in [-0.1, -0.05) is 27.0 Å². The van der Waals surface area contributed by atoms with Crippen molar-refractivity contribution in [3.05, 3.63) is 18.2 Å². The minimum Gasteiger partial charge on any atom is -0.422 e. The Labute approximate surface area is 148 Å². The molecule has 0 saturated carbocycles. The van der Waals surface area contributed by atoms with Crippen LogP contribution in [0.1, 0.15) is 39.8 Å². The van der Waals surface area contributed by atoms with Gasteiger partial charge in [0, 0.05) is 19.6 Å². The van der Waals surface area contributed by atoms with E-state index in [1.54, 1.807) is 10.9 Å². The molecule has 0 bridgehead atoms. The second-order valence-electron chi connectivity index (χ2n) is 6.46. The fourth-order valence-electron chi connectivity index (χ4n) is 1.36. The number of ether oxygens (including phenoxy) is 1. The Hall–Kier alpha value is -0.496. The van der Waals surface area contributed by atoms with Crippen molar-refractivity contribution in [3.63, 3.8) is 0 Å². The SMILES string of the molecule is CCOCn1[c-]c(C#CCCO[Si](C)(C)C(C)(C)C)nc1.[Li+]. The zero-order valence-corrected chi connectivity index (χ0v) is 16.1. The monoisotopic (exact) mass is 314 g/mol. The Balaban J connectivity index is 0.00000441. The zero-order valence-electron chi connectivity index (χ0n) is 15.1. The molecule has 0 saturated heterocycles. The molecule has 0 aliphatic rings.